The summed E-state index contributed by atoms with van der Waals surface area (Å²) < 4.78 is 8.21. The Hall–Kier alpha value is -2.08. The average Bonchev–Trinajstić information content (AvgIpc) is 3.02. The molecule has 0 bridgehead atoms. The zero-order valence-electron chi connectivity index (χ0n) is 15.6. The number of aromatic nitrogens is 2. The number of nitrogens with zero attached hydrogens (tertiary/aromatic N) is 4. The third-order valence-electron chi connectivity index (χ3n) is 5.09. The van der Waals surface area contributed by atoms with E-state index < -0.39 is 0 Å². The van der Waals surface area contributed by atoms with Gasteiger partial charge in [0.25, 0.3) is 0 Å². The quantitative estimate of drug-likeness (QED) is 0.651. The fourth-order valence-corrected chi connectivity index (χ4v) is 3.61. The van der Waals surface area contributed by atoms with Crippen LogP contribution in [0.1, 0.15) is 5.82 Å². The van der Waals surface area contributed by atoms with E-state index >= 15 is 0 Å². The van der Waals surface area contributed by atoms with E-state index in [-0.39, 0.29) is 0 Å². The number of imidazole rings is 1. The second kappa shape index (κ2) is 8.30. The van der Waals surface area contributed by atoms with Crippen LogP contribution >= 0.6 is 11.6 Å². The highest BCUT2D eigenvalue weighted by Crippen LogP contribution is 2.19. The molecule has 142 valence electrons. The van der Waals surface area contributed by atoms with Crippen molar-refractivity contribution in [2.75, 3.05) is 39.8 Å². The van der Waals surface area contributed by atoms with Crippen molar-refractivity contribution in [3.05, 3.63) is 59.4 Å². The van der Waals surface area contributed by atoms with Crippen LogP contribution in [0.4, 0.5) is 0 Å². The topological polar surface area (TPSA) is 33.5 Å². The Balaban J connectivity index is 1.48. The van der Waals surface area contributed by atoms with Crippen LogP contribution in [0.5, 0.6) is 5.75 Å². The molecule has 5 nitrogen and oxygen atoms in total. The van der Waals surface area contributed by atoms with Gasteiger partial charge in [0.2, 0.25) is 0 Å². The molecule has 0 atom stereocenters. The Morgan fingerprint density at radius 1 is 1.00 bits per heavy atom. The largest absolute Gasteiger partial charge is 0.492 e. The number of rotatable bonds is 6. The molecule has 0 unspecified atom stereocenters. The summed E-state index contributed by atoms with van der Waals surface area (Å²) in [7, 11) is 2.18. The summed E-state index contributed by atoms with van der Waals surface area (Å²) in [6.07, 6.45) is 0. The molecule has 0 N–H and O–H groups in total. The summed E-state index contributed by atoms with van der Waals surface area (Å²) in [4.78, 5) is 9.76. The van der Waals surface area contributed by atoms with Gasteiger partial charge in [-0.25, -0.2) is 4.98 Å². The number of para-hydroxylation sites is 2. The van der Waals surface area contributed by atoms with Crippen LogP contribution in [0.25, 0.3) is 11.0 Å². The first-order valence-electron chi connectivity index (χ1n) is 9.42. The maximum atomic E-state index is 5.94. The third kappa shape index (κ3) is 4.43. The molecule has 1 saturated heterocycles. The minimum atomic E-state index is 0.595. The SMILES string of the molecule is CN1CCN(Cc2nc3ccccc3n2CCOc2ccc(Cl)cc2)CC1. The highest BCUT2D eigenvalue weighted by Gasteiger charge is 2.18. The van der Waals surface area contributed by atoms with Gasteiger partial charge >= 0.3 is 0 Å². The van der Waals surface area contributed by atoms with Crippen molar-refractivity contribution < 1.29 is 4.74 Å². The summed E-state index contributed by atoms with van der Waals surface area (Å²) >= 11 is 5.94. The molecule has 0 aliphatic carbocycles. The standard InChI is InChI=1S/C21H25ClN4O/c1-24-10-12-25(13-11-24)16-21-23-19-4-2-3-5-20(19)26(21)14-15-27-18-8-6-17(22)7-9-18/h2-9H,10-16H2,1H3. The van der Waals surface area contributed by atoms with Crippen molar-refractivity contribution in [1.29, 1.82) is 0 Å². The van der Waals surface area contributed by atoms with Gasteiger partial charge in [0, 0.05) is 31.2 Å². The molecular formula is C21H25ClN4O. The average molecular weight is 385 g/mol. The van der Waals surface area contributed by atoms with Gasteiger partial charge in [-0.2, -0.15) is 0 Å². The van der Waals surface area contributed by atoms with Crippen LogP contribution < -0.4 is 4.74 Å². The molecule has 0 radical (unpaired) electrons. The number of piperazine rings is 1. The van der Waals surface area contributed by atoms with Gasteiger partial charge in [-0.15, -0.1) is 0 Å². The lowest BCUT2D eigenvalue weighted by Crippen LogP contribution is -2.44. The van der Waals surface area contributed by atoms with E-state index in [0.717, 1.165) is 61.4 Å². The maximum absolute atomic E-state index is 5.94. The van der Waals surface area contributed by atoms with E-state index in [9.17, 15) is 0 Å². The molecule has 6 heteroatoms. The Labute approximate surface area is 165 Å². The second-order valence-corrected chi connectivity index (χ2v) is 7.49. The van der Waals surface area contributed by atoms with E-state index in [0.29, 0.717) is 6.61 Å². The first-order valence-corrected chi connectivity index (χ1v) is 9.80. The normalized spacial score (nSPS) is 16.1. The van der Waals surface area contributed by atoms with Crippen LogP contribution in [0, 0.1) is 0 Å². The Morgan fingerprint density at radius 3 is 2.52 bits per heavy atom. The number of ether oxygens (including phenoxy) is 1. The highest BCUT2D eigenvalue weighted by atomic mass is 35.5. The fourth-order valence-electron chi connectivity index (χ4n) is 3.49. The summed E-state index contributed by atoms with van der Waals surface area (Å²) in [6.45, 7) is 6.63. The lowest BCUT2D eigenvalue weighted by atomic mass is 10.3. The zero-order chi connectivity index (χ0) is 18.6. The van der Waals surface area contributed by atoms with E-state index in [1.54, 1.807) is 0 Å². The van der Waals surface area contributed by atoms with Crippen molar-refractivity contribution in [3.63, 3.8) is 0 Å². The van der Waals surface area contributed by atoms with E-state index in [4.69, 9.17) is 21.3 Å². The molecule has 1 aromatic heterocycles. The summed E-state index contributed by atoms with van der Waals surface area (Å²) in [5, 5.41) is 0.720. The van der Waals surface area contributed by atoms with Crippen molar-refractivity contribution in [3.8, 4) is 5.75 Å². The predicted molar refractivity (Wildman–Crippen MR) is 109 cm³/mol. The van der Waals surface area contributed by atoms with Crippen molar-refractivity contribution in [1.82, 2.24) is 19.4 Å². The molecule has 2 heterocycles. The summed E-state index contributed by atoms with van der Waals surface area (Å²) in [6, 6.07) is 15.8. The molecule has 3 aromatic rings. The van der Waals surface area contributed by atoms with Gasteiger partial charge in [-0.3, -0.25) is 4.90 Å². The molecule has 27 heavy (non-hydrogen) atoms. The van der Waals surface area contributed by atoms with Crippen LogP contribution in [-0.2, 0) is 13.1 Å². The number of halogens is 1. The maximum Gasteiger partial charge on any atom is 0.124 e. The highest BCUT2D eigenvalue weighted by molar-refractivity contribution is 6.30. The molecule has 1 fully saturated rings. The molecule has 0 spiro atoms. The van der Waals surface area contributed by atoms with E-state index in [2.05, 4.69) is 39.6 Å². The first kappa shape index (κ1) is 18.3. The molecule has 1 aliphatic heterocycles. The van der Waals surface area contributed by atoms with Crippen molar-refractivity contribution >= 4 is 22.6 Å². The number of fused-ring (bicyclic) bond motifs is 1. The minimum absolute atomic E-state index is 0.595. The Morgan fingerprint density at radius 2 is 1.74 bits per heavy atom. The summed E-state index contributed by atoms with van der Waals surface area (Å²) in [5.74, 6) is 1.95. The third-order valence-corrected chi connectivity index (χ3v) is 5.34. The number of likely N-dealkylation sites (N-methyl/N-ethyl adjacent to an activating group) is 1. The number of hydrogen-bond acceptors (Lipinski definition) is 4. The van der Waals surface area contributed by atoms with Gasteiger partial charge in [-0.1, -0.05) is 23.7 Å². The Kier molecular flexibility index (Phi) is 5.62. The van der Waals surface area contributed by atoms with Crippen LogP contribution in [-0.4, -0.2) is 59.2 Å². The zero-order valence-corrected chi connectivity index (χ0v) is 16.4. The van der Waals surface area contributed by atoms with Gasteiger partial charge in [-0.05, 0) is 43.4 Å². The number of benzene rings is 2. The van der Waals surface area contributed by atoms with Gasteiger partial charge < -0.3 is 14.2 Å². The molecular weight excluding hydrogens is 360 g/mol. The van der Waals surface area contributed by atoms with E-state index in [1.807, 2.05) is 30.3 Å². The first-order chi connectivity index (χ1) is 13.2. The van der Waals surface area contributed by atoms with Crippen LogP contribution in [0.3, 0.4) is 0 Å². The van der Waals surface area contributed by atoms with Crippen molar-refractivity contribution in [2.24, 2.45) is 0 Å². The van der Waals surface area contributed by atoms with E-state index in [1.165, 1.54) is 5.52 Å². The van der Waals surface area contributed by atoms with Crippen LogP contribution in [0.15, 0.2) is 48.5 Å². The summed E-state index contributed by atoms with van der Waals surface area (Å²) in [5.41, 5.74) is 2.22. The molecule has 0 amide bonds. The second-order valence-electron chi connectivity index (χ2n) is 7.05. The molecule has 2 aromatic carbocycles. The fraction of sp³-hybridized carbons (Fsp3) is 0.381. The van der Waals surface area contributed by atoms with Crippen molar-refractivity contribution in [2.45, 2.75) is 13.1 Å². The predicted octanol–water partition coefficient (Wildman–Crippen LogP) is 3.52. The lowest BCUT2D eigenvalue weighted by molar-refractivity contribution is 0.144. The molecule has 4 rings (SSSR count). The minimum Gasteiger partial charge on any atom is -0.492 e. The van der Waals surface area contributed by atoms with Gasteiger partial charge in [0.15, 0.2) is 0 Å². The Bertz CT molecular complexity index is 885. The monoisotopic (exact) mass is 384 g/mol. The van der Waals surface area contributed by atoms with Gasteiger partial charge in [0.1, 0.15) is 18.2 Å². The molecule has 0 saturated carbocycles. The number of hydrogen-bond donors (Lipinski definition) is 0. The smallest absolute Gasteiger partial charge is 0.124 e. The van der Waals surface area contributed by atoms with Gasteiger partial charge in [0.05, 0.1) is 24.1 Å². The lowest BCUT2D eigenvalue weighted by Gasteiger charge is -2.32. The van der Waals surface area contributed by atoms with Crippen LogP contribution in [0.2, 0.25) is 5.02 Å². The molecule has 1 aliphatic rings.